The molecular weight excluding hydrogens is 364 g/mol. The average Bonchev–Trinajstić information content (AvgIpc) is 3.24. The van der Waals surface area contributed by atoms with Gasteiger partial charge < -0.3 is 14.6 Å². The Morgan fingerprint density at radius 2 is 1.66 bits per heavy atom. The predicted molar refractivity (Wildman–Crippen MR) is 114 cm³/mol. The van der Waals surface area contributed by atoms with E-state index in [1.165, 1.54) is 0 Å². The van der Waals surface area contributed by atoms with Gasteiger partial charge in [-0.3, -0.25) is 9.59 Å². The summed E-state index contributed by atoms with van der Waals surface area (Å²) in [5.41, 5.74) is 2.40. The van der Waals surface area contributed by atoms with Gasteiger partial charge in [0, 0.05) is 11.3 Å². The lowest BCUT2D eigenvalue weighted by molar-refractivity contribution is -0.121. The molecule has 0 spiro atoms. The number of furan rings is 1. The molecule has 0 aliphatic rings. The maximum Gasteiger partial charge on any atom is 0.251 e. The van der Waals surface area contributed by atoms with Gasteiger partial charge in [0.2, 0.25) is 5.91 Å². The number of benzene rings is 2. The van der Waals surface area contributed by atoms with Gasteiger partial charge in [-0.15, -0.1) is 0 Å². The Morgan fingerprint density at radius 3 is 2.24 bits per heavy atom. The van der Waals surface area contributed by atoms with E-state index in [4.69, 9.17) is 4.42 Å². The van der Waals surface area contributed by atoms with Crippen molar-refractivity contribution in [2.75, 3.05) is 4.90 Å². The maximum atomic E-state index is 13.5. The summed E-state index contributed by atoms with van der Waals surface area (Å²) in [7, 11) is 0. The molecule has 5 heteroatoms. The van der Waals surface area contributed by atoms with E-state index in [0.717, 1.165) is 11.3 Å². The Labute approximate surface area is 171 Å². The Kier molecular flexibility index (Phi) is 6.50. The summed E-state index contributed by atoms with van der Waals surface area (Å²) >= 11 is 0. The average molecular weight is 390 g/mol. The van der Waals surface area contributed by atoms with Crippen molar-refractivity contribution >= 4 is 17.5 Å². The van der Waals surface area contributed by atoms with Crippen LogP contribution < -0.4 is 10.2 Å². The zero-order valence-corrected chi connectivity index (χ0v) is 17.0. The van der Waals surface area contributed by atoms with Crippen LogP contribution in [0, 0.1) is 12.8 Å². The number of nitrogens with one attached hydrogen (secondary N) is 1. The molecule has 1 unspecified atom stereocenters. The maximum absolute atomic E-state index is 13.5. The Bertz CT molecular complexity index is 932. The van der Waals surface area contributed by atoms with E-state index in [-0.39, 0.29) is 17.7 Å². The molecule has 150 valence electrons. The largest absolute Gasteiger partial charge is 0.467 e. The summed E-state index contributed by atoms with van der Waals surface area (Å²) in [4.78, 5) is 27.9. The molecule has 0 bridgehead atoms. The first-order valence-electron chi connectivity index (χ1n) is 9.72. The van der Waals surface area contributed by atoms with Crippen LogP contribution in [0.25, 0.3) is 0 Å². The summed E-state index contributed by atoms with van der Waals surface area (Å²) in [6.07, 6.45) is 1.59. The number of carbonyl (C=O) groups excluding carboxylic acids is 2. The van der Waals surface area contributed by atoms with Gasteiger partial charge in [-0.1, -0.05) is 49.7 Å². The number of nitrogens with zero attached hydrogens (tertiary/aromatic N) is 1. The second kappa shape index (κ2) is 9.24. The molecule has 2 aromatic carbocycles. The van der Waals surface area contributed by atoms with Crippen molar-refractivity contribution in [1.82, 2.24) is 5.32 Å². The minimum atomic E-state index is -0.668. The first-order chi connectivity index (χ1) is 14.0. The highest BCUT2D eigenvalue weighted by molar-refractivity contribution is 6.02. The molecular formula is C24H26N2O3. The molecule has 1 aromatic heterocycles. The molecule has 1 heterocycles. The minimum Gasteiger partial charge on any atom is -0.467 e. The van der Waals surface area contributed by atoms with Gasteiger partial charge in [-0.05, 0) is 49.2 Å². The molecule has 0 aliphatic carbocycles. The molecule has 29 heavy (non-hydrogen) atoms. The molecule has 2 amide bonds. The van der Waals surface area contributed by atoms with Crippen LogP contribution in [-0.4, -0.2) is 17.9 Å². The van der Waals surface area contributed by atoms with Crippen LogP contribution in [0.5, 0.6) is 0 Å². The number of aryl methyl sites for hydroxylation is 1. The zero-order valence-electron chi connectivity index (χ0n) is 17.0. The highest BCUT2D eigenvalue weighted by atomic mass is 16.3. The van der Waals surface area contributed by atoms with Crippen LogP contribution in [0.2, 0.25) is 0 Å². The van der Waals surface area contributed by atoms with Crippen molar-refractivity contribution in [3.8, 4) is 0 Å². The fourth-order valence-electron chi connectivity index (χ4n) is 3.08. The Balaban J connectivity index is 1.88. The standard InChI is InChI=1S/C24H26N2O3/c1-17(2)22(25-23(27)19-8-5-4-6-9-19)24(28)26(16-21-10-7-15-29-21)20-13-11-18(3)12-14-20/h4-15,17,22H,16H2,1-3H3,(H,25,27). The third-order valence-electron chi connectivity index (χ3n) is 4.76. The second-order valence-electron chi connectivity index (χ2n) is 7.40. The van der Waals surface area contributed by atoms with E-state index in [0.29, 0.717) is 17.9 Å². The van der Waals surface area contributed by atoms with E-state index in [2.05, 4.69) is 5.32 Å². The topological polar surface area (TPSA) is 62.6 Å². The second-order valence-corrected chi connectivity index (χ2v) is 7.40. The van der Waals surface area contributed by atoms with Crippen LogP contribution in [0.15, 0.2) is 77.4 Å². The van der Waals surface area contributed by atoms with Crippen molar-refractivity contribution < 1.29 is 14.0 Å². The van der Waals surface area contributed by atoms with Crippen LogP contribution in [0.3, 0.4) is 0 Å². The molecule has 0 saturated carbocycles. The molecule has 5 nitrogen and oxygen atoms in total. The summed E-state index contributed by atoms with van der Waals surface area (Å²) in [6.45, 7) is 6.14. The summed E-state index contributed by atoms with van der Waals surface area (Å²) < 4.78 is 5.47. The zero-order chi connectivity index (χ0) is 20.8. The van der Waals surface area contributed by atoms with Crippen LogP contribution in [0.4, 0.5) is 5.69 Å². The number of hydrogen-bond acceptors (Lipinski definition) is 3. The Hall–Kier alpha value is -3.34. The number of rotatable bonds is 7. The quantitative estimate of drug-likeness (QED) is 0.642. The number of hydrogen-bond donors (Lipinski definition) is 1. The van der Waals surface area contributed by atoms with Crippen molar-refractivity contribution in [2.45, 2.75) is 33.4 Å². The molecule has 0 fully saturated rings. The molecule has 1 N–H and O–H groups in total. The molecule has 1 atom stereocenters. The third kappa shape index (κ3) is 5.13. The number of amides is 2. The Morgan fingerprint density at radius 1 is 0.966 bits per heavy atom. The van der Waals surface area contributed by atoms with Gasteiger partial charge in [0.25, 0.3) is 5.91 Å². The van der Waals surface area contributed by atoms with E-state index >= 15 is 0 Å². The van der Waals surface area contributed by atoms with Crippen LogP contribution in [-0.2, 0) is 11.3 Å². The van der Waals surface area contributed by atoms with Gasteiger partial charge in [0.05, 0.1) is 12.8 Å². The molecule has 3 rings (SSSR count). The first-order valence-corrected chi connectivity index (χ1v) is 9.72. The van der Waals surface area contributed by atoms with Crippen molar-refractivity contribution in [3.05, 3.63) is 89.9 Å². The minimum absolute atomic E-state index is 0.0836. The lowest BCUT2D eigenvalue weighted by Gasteiger charge is -2.29. The number of carbonyl (C=O) groups is 2. The highest BCUT2D eigenvalue weighted by Crippen LogP contribution is 2.21. The van der Waals surface area contributed by atoms with E-state index < -0.39 is 6.04 Å². The van der Waals surface area contributed by atoms with Crippen molar-refractivity contribution in [2.24, 2.45) is 5.92 Å². The summed E-state index contributed by atoms with van der Waals surface area (Å²) in [5.74, 6) is 0.152. The van der Waals surface area contributed by atoms with Gasteiger partial charge in [0.1, 0.15) is 11.8 Å². The summed E-state index contributed by atoms with van der Waals surface area (Å²) in [6, 6.07) is 19.6. The first kappa shape index (κ1) is 20.4. The summed E-state index contributed by atoms with van der Waals surface area (Å²) in [5, 5.41) is 2.91. The van der Waals surface area contributed by atoms with Crippen LogP contribution in [0.1, 0.15) is 35.5 Å². The van der Waals surface area contributed by atoms with Crippen molar-refractivity contribution in [3.63, 3.8) is 0 Å². The fourth-order valence-corrected chi connectivity index (χ4v) is 3.08. The highest BCUT2D eigenvalue weighted by Gasteiger charge is 2.30. The number of anilines is 1. The van der Waals surface area contributed by atoms with E-state index in [9.17, 15) is 9.59 Å². The molecule has 0 saturated heterocycles. The normalized spacial score (nSPS) is 11.9. The third-order valence-corrected chi connectivity index (χ3v) is 4.76. The van der Waals surface area contributed by atoms with Crippen molar-refractivity contribution in [1.29, 1.82) is 0 Å². The van der Waals surface area contributed by atoms with Crippen LogP contribution >= 0.6 is 0 Å². The van der Waals surface area contributed by atoms with E-state index in [1.807, 2.05) is 57.2 Å². The van der Waals surface area contributed by atoms with Gasteiger partial charge >= 0.3 is 0 Å². The molecule has 0 radical (unpaired) electrons. The predicted octanol–water partition coefficient (Wildman–Crippen LogP) is 4.58. The smallest absolute Gasteiger partial charge is 0.251 e. The molecule has 3 aromatic rings. The monoisotopic (exact) mass is 390 g/mol. The van der Waals surface area contributed by atoms with Gasteiger partial charge in [-0.25, -0.2) is 0 Å². The van der Waals surface area contributed by atoms with E-state index in [1.54, 1.807) is 41.5 Å². The SMILES string of the molecule is Cc1ccc(N(Cc2ccco2)C(=O)C(NC(=O)c2ccccc2)C(C)C)cc1. The lowest BCUT2D eigenvalue weighted by atomic mass is 10.0. The lowest BCUT2D eigenvalue weighted by Crippen LogP contribution is -2.51. The van der Waals surface area contributed by atoms with Gasteiger partial charge in [0.15, 0.2) is 0 Å². The fraction of sp³-hybridized carbons (Fsp3) is 0.250. The van der Waals surface area contributed by atoms with Gasteiger partial charge in [-0.2, -0.15) is 0 Å². The molecule has 0 aliphatic heterocycles.